The highest BCUT2D eigenvalue weighted by molar-refractivity contribution is 7.99. The Morgan fingerprint density at radius 3 is 2.85 bits per heavy atom. The maximum absolute atomic E-state index is 13.1. The van der Waals surface area contributed by atoms with Crippen LogP contribution in [0.1, 0.15) is 24.8 Å². The molecule has 4 nitrogen and oxygen atoms in total. The van der Waals surface area contributed by atoms with Crippen molar-refractivity contribution < 1.29 is 0 Å². The number of aryl methyl sites for hydroxylation is 1. The molecule has 0 aliphatic carbocycles. The molecule has 1 heterocycles. The first-order chi connectivity index (χ1) is 12.6. The van der Waals surface area contributed by atoms with Gasteiger partial charge < -0.3 is 0 Å². The van der Waals surface area contributed by atoms with Crippen LogP contribution < -0.4 is 5.56 Å². The molecule has 0 saturated heterocycles. The average Bonchev–Trinajstić information content (AvgIpc) is 2.61. The van der Waals surface area contributed by atoms with Crippen LogP contribution in [-0.2, 0) is 0 Å². The largest absolute Gasteiger partial charge is 0.268 e. The van der Waals surface area contributed by atoms with Gasteiger partial charge in [0.05, 0.1) is 22.7 Å². The summed E-state index contributed by atoms with van der Waals surface area (Å²) in [6.07, 6.45) is 2.29. The van der Waals surface area contributed by atoms with Gasteiger partial charge in [-0.15, -0.1) is 0 Å². The molecule has 132 valence electrons. The highest BCUT2D eigenvalue weighted by Gasteiger charge is 2.13. The van der Waals surface area contributed by atoms with E-state index in [1.54, 1.807) is 22.8 Å². The van der Waals surface area contributed by atoms with E-state index >= 15 is 0 Å². The van der Waals surface area contributed by atoms with Gasteiger partial charge in [-0.05, 0) is 55.7 Å². The highest BCUT2D eigenvalue weighted by atomic mass is 35.5. The van der Waals surface area contributed by atoms with Gasteiger partial charge in [-0.25, -0.2) is 4.98 Å². The van der Waals surface area contributed by atoms with E-state index in [0.29, 0.717) is 27.5 Å². The minimum Gasteiger partial charge on any atom is -0.268 e. The first kappa shape index (κ1) is 18.5. The summed E-state index contributed by atoms with van der Waals surface area (Å²) in [4.78, 5) is 17.8. The number of nitriles is 1. The van der Waals surface area contributed by atoms with Crippen LogP contribution in [0.25, 0.3) is 16.6 Å². The van der Waals surface area contributed by atoms with Crippen molar-refractivity contribution in [2.75, 3.05) is 5.75 Å². The maximum atomic E-state index is 13.1. The third-order valence-electron chi connectivity index (χ3n) is 3.97. The van der Waals surface area contributed by atoms with Gasteiger partial charge in [0, 0.05) is 17.2 Å². The lowest BCUT2D eigenvalue weighted by atomic mass is 10.2. The molecule has 0 radical (unpaired) electrons. The number of nitrogens with zero attached hydrogens (tertiary/aromatic N) is 3. The molecule has 26 heavy (non-hydrogen) atoms. The minimum absolute atomic E-state index is 0.100. The molecule has 0 bridgehead atoms. The summed E-state index contributed by atoms with van der Waals surface area (Å²) in [7, 11) is 0. The Kier molecular flexibility index (Phi) is 5.97. The van der Waals surface area contributed by atoms with Gasteiger partial charge in [0.2, 0.25) is 0 Å². The van der Waals surface area contributed by atoms with Crippen LogP contribution >= 0.6 is 23.4 Å². The highest BCUT2D eigenvalue weighted by Crippen LogP contribution is 2.24. The van der Waals surface area contributed by atoms with Gasteiger partial charge in [-0.2, -0.15) is 5.26 Å². The predicted octanol–water partition coefficient (Wildman–Crippen LogP) is 5.13. The van der Waals surface area contributed by atoms with Crippen molar-refractivity contribution in [1.29, 1.82) is 5.26 Å². The number of fused-ring (bicyclic) bond motifs is 1. The lowest BCUT2D eigenvalue weighted by Crippen LogP contribution is -2.22. The molecule has 0 aliphatic heterocycles. The summed E-state index contributed by atoms with van der Waals surface area (Å²) in [6.45, 7) is 2.00. The van der Waals surface area contributed by atoms with Crippen LogP contribution in [0.15, 0.2) is 52.4 Å². The zero-order valence-electron chi connectivity index (χ0n) is 14.4. The van der Waals surface area contributed by atoms with E-state index in [-0.39, 0.29) is 5.56 Å². The van der Waals surface area contributed by atoms with Crippen LogP contribution in [0, 0.1) is 18.3 Å². The summed E-state index contributed by atoms with van der Waals surface area (Å²) in [5, 5.41) is 10.4. The second kappa shape index (κ2) is 8.39. The Balaban J connectivity index is 2.08. The summed E-state index contributed by atoms with van der Waals surface area (Å²) in [5.41, 5.74) is 2.39. The molecular weight excluding hydrogens is 366 g/mol. The van der Waals surface area contributed by atoms with Crippen LogP contribution in [0.4, 0.5) is 0 Å². The number of unbranched alkanes of at least 4 members (excludes halogenated alkanes) is 2. The molecule has 0 saturated carbocycles. The molecular formula is C20H18ClN3OS. The van der Waals surface area contributed by atoms with Gasteiger partial charge >= 0.3 is 0 Å². The lowest BCUT2D eigenvalue weighted by Gasteiger charge is -2.13. The topological polar surface area (TPSA) is 58.7 Å². The number of hydrogen-bond acceptors (Lipinski definition) is 4. The van der Waals surface area contributed by atoms with E-state index in [0.717, 1.165) is 29.8 Å². The van der Waals surface area contributed by atoms with E-state index in [1.807, 2.05) is 31.2 Å². The molecule has 3 rings (SSSR count). The standard InChI is InChI=1S/C20H18ClN3OS/c1-14-6-5-7-16(12-14)24-19(25)17-9-8-15(21)13-18(17)23-20(24)26-11-4-2-3-10-22/h5-9,12-13H,2-4,11H2,1H3. The molecule has 2 aromatic carbocycles. The summed E-state index contributed by atoms with van der Waals surface area (Å²) in [5.74, 6) is 0.798. The maximum Gasteiger partial charge on any atom is 0.266 e. The first-order valence-corrected chi connectivity index (χ1v) is 9.75. The van der Waals surface area contributed by atoms with Crippen molar-refractivity contribution >= 4 is 34.3 Å². The zero-order chi connectivity index (χ0) is 18.5. The van der Waals surface area contributed by atoms with Crippen molar-refractivity contribution in [2.45, 2.75) is 31.3 Å². The Bertz CT molecular complexity index is 1040. The number of benzene rings is 2. The number of hydrogen-bond donors (Lipinski definition) is 0. The van der Waals surface area contributed by atoms with E-state index in [4.69, 9.17) is 21.8 Å². The SMILES string of the molecule is Cc1cccc(-n2c(SCCCCC#N)nc3cc(Cl)ccc3c2=O)c1. The zero-order valence-corrected chi connectivity index (χ0v) is 16.0. The number of aromatic nitrogens is 2. The molecule has 0 aliphatic rings. The minimum atomic E-state index is -0.100. The van der Waals surface area contributed by atoms with Gasteiger partial charge in [-0.3, -0.25) is 9.36 Å². The third kappa shape index (κ3) is 4.09. The van der Waals surface area contributed by atoms with Gasteiger partial charge in [-0.1, -0.05) is 35.5 Å². The summed E-state index contributed by atoms with van der Waals surface area (Å²) in [6, 6.07) is 15.1. The second-order valence-electron chi connectivity index (χ2n) is 6.00. The van der Waals surface area contributed by atoms with Crippen LogP contribution in [0.2, 0.25) is 5.02 Å². The summed E-state index contributed by atoms with van der Waals surface area (Å²) < 4.78 is 1.66. The molecule has 1 aromatic heterocycles. The van der Waals surface area contributed by atoms with Crippen molar-refractivity contribution in [2.24, 2.45) is 0 Å². The lowest BCUT2D eigenvalue weighted by molar-refractivity contribution is 0.804. The molecule has 0 atom stereocenters. The number of thioether (sulfide) groups is 1. The van der Waals surface area contributed by atoms with Gasteiger partial charge in [0.15, 0.2) is 5.16 Å². The fourth-order valence-electron chi connectivity index (χ4n) is 2.70. The van der Waals surface area contributed by atoms with E-state index in [2.05, 4.69) is 6.07 Å². The molecule has 0 N–H and O–H groups in total. The van der Waals surface area contributed by atoms with Crippen molar-refractivity contribution in [3.8, 4) is 11.8 Å². The van der Waals surface area contributed by atoms with Gasteiger partial charge in [0.1, 0.15) is 0 Å². The van der Waals surface area contributed by atoms with Crippen LogP contribution in [0.3, 0.4) is 0 Å². The fourth-order valence-corrected chi connectivity index (χ4v) is 3.88. The third-order valence-corrected chi connectivity index (χ3v) is 5.23. The monoisotopic (exact) mass is 383 g/mol. The molecule has 0 spiro atoms. The molecule has 0 fully saturated rings. The molecule has 0 amide bonds. The predicted molar refractivity (Wildman–Crippen MR) is 107 cm³/mol. The molecule has 3 aromatic rings. The van der Waals surface area contributed by atoms with E-state index in [1.165, 1.54) is 11.8 Å². The van der Waals surface area contributed by atoms with E-state index in [9.17, 15) is 4.79 Å². The van der Waals surface area contributed by atoms with E-state index < -0.39 is 0 Å². The van der Waals surface area contributed by atoms with Crippen LogP contribution in [-0.4, -0.2) is 15.3 Å². The van der Waals surface area contributed by atoms with Crippen LogP contribution in [0.5, 0.6) is 0 Å². The second-order valence-corrected chi connectivity index (χ2v) is 7.50. The normalized spacial score (nSPS) is 10.8. The molecule has 0 unspecified atom stereocenters. The Labute approximate surface area is 161 Å². The number of halogens is 1. The Morgan fingerprint density at radius 2 is 2.08 bits per heavy atom. The summed E-state index contributed by atoms with van der Waals surface area (Å²) >= 11 is 7.61. The first-order valence-electron chi connectivity index (χ1n) is 8.39. The number of rotatable bonds is 6. The quantitative estimate of drug-likeness (QED) is 0.336. The van der Waals surface area contributed by atoms with Crippen molar-refractivity contribution in [3.63, 3.8) is 0 Å². The average molecular weight is 384 g/mol. The molecule has 6 heteroatoms. The van der Waals surface area contributed by atoms with Crippen molar-refractivity contribution in [3.05, 3.63) is 63.4 Å². The Morgan fingerprint density at radius 1 is 1.23 bits per heavy atom. The Hall–Kier alpha value is -2.29. The van der Waals surface area contributed by atoms with Gasteiger partial charge in [0.25, 0.3) is 5.56 Å². The fraction of sp³-hybridized carbons (Fsp3) is 0.250. The van der Waals surface area contributed by atoms with Crippen molar-refractivity contribution in [1.82, 2.24) is 9.55 Å². The smallest absolute Gasteiger partial charge is 0.266 e.